The van der Waals surface area contributed by atoms with Crippen LogP contribution in [0.4, 0.5) is 4.39 Å². The topological polar surface area (TPSA) is 43.2 Å². The fourth-order valence-corrected chi connectivity index (χ4v) is 3.60. The summed E-state index contributed by atoms with van der Waals surface area (Å²) in [6.07, 6.45) is 9.38. The molecule has 0 radical (unpaired) electrons. The zero-order valence-electron chi connectivity index (χ0n) is 18.6. The lowest BCUT2D eigenvalue weighted by Crippen LogP contribution is -2.17. The summed E-state index contributed by atoms with van der Waals surface area (Å²) in [5.41, 5.74) is 2.58. The average Bonchev–Trinajstić information content (AvgIpc) is 2.81. The molecule has 1 heterocycles. The van der Waals surface area contributed by atoms with Crippen molar-refractivity contribution in [3.63, 3.8) is 0 Å². The summed E-state index contributed by atoms with van der Waals surface area (Å²) < 4.78 is 25.2. The van der Waals surface area contributed by atoms with Crippen LogP contribution in [0.5, 0.6) is 11.5 Å². The van der Waals surface area contributed by atoms with Crippen LogP contribution >= 0.6 is 11.6 Å². The number of hydrogen-bond donors (Lipinski definition) is 0. The molecule has 0 aromatic heterocycles. The molecule has 0 fully saturated rings. The van der Waals surface area contributed by atoms with E-state index in [2.05, 4.69) is 24.1 Å². The van der Waals surface area contributed by atoms with Crippen molar-refractivity contribution < 1.29 is 13.9 Å². The summed E-state index contributed by atoms with van der Waals surface area (Å²) in [5.74, 6) is 1.95. The average molecular weight is 455 g/mol. The molecule has 0 saturated heterocycles. The molecule has 1 aliphatic rings. The molecule has 6 heteroatoms. The molecule has 2 aromatic rings. The van der Waals surface area contributed by atoms with E-state index >= 15 is 0 Å². The number of allylic oxidation sites excluding steroid dienone is 3. The van der Waals surface area contributed by atoms with E-state index in [4.69, 9.17) is 21.1 Å². The van der Waals surface area contributed by atoms with Crippen LogP contribution < -0.4 is 9.47 Å². The molecule has 168 valence electrons. The van der Waals surface area contributed by atoms with Crippen LogP contribution in [0.2, 0.25) is 0 Å². The first-order valence-electron chi connectivity index (χ1n) is 10.8. The van der Waals surface area contributed by atoms with Gasteiger partial charge in [-0.3, -0.25) is 0 Å². The van der Waals surface area contributed by atoms with Crippen molar-refractivity contribution >= 4 is 22.5 Å². The second kappa shape index (κ2) is 11.6. The van der Waals surface area contributed by atoms with Crippen molar-refractivity contribution in [2.45, 2.75) is 39.5 Å². The minimum atomic E-state index is -0.280. The van der Waals surface area contributed by atoms with Crippen LogP contribution in [0, 0.1) is 11.7 Å². The van der Waals surface area contributed by atoms with Crippen molar-refractivity contribution in [3.8, 4) is 22.6 Å². The van der Waals surface area contributed by atoms with Gasteiger partial charge in [-0.2, -0.15) is 5.10 Å². The maximum Gasteiger partial charge on any atom is 0.138 e. The Morgan fingerprint density at radius 3 is 2.62 bits per heavy atom. The van der Waals surface area contributed by atoms with Gasteiger partial charge in [0.1, 0.15) is 28.2 Å². The Bertz CT molecular complexity index is 1040. The molecule has 0 saturated carbocycles. The summed E-state index contributed by atoms with van der Waals surface area (Å²) in [4.78, 5) is 0. The third-order valence-corrected chi connectivity index (χ3v) is 5.45. The van der Waals surface area contributed by atoms with Gasteiger partial charge in [0.05, 0.1) is 12.8 Å². The van der Waals surface area contributed by atoms with Crippen molar-refractivity contribution in [1.29, 1.82) is 0 Å². The number of rotatable bonds is 9. The van der Waals surface area contributed by atoms with E-state index in [1.165, 1.54) is 12.1 Å². The van der Waals surface area contributed by atoms with E-state index in [0.717, 1.165) is 36.1 Å². The molecule has 0 spiro atoms. The zero-order chi connectivity index (χ0) is 22.9. The van der Waals surface area contributed by atoms with Gasteiger partial charge in [0.15, 0.2) is 0 Å². The zero-order valence-corrected chi connectivity index (χ0v) is 19.4. The lowest BCUT2D eigenvalue weighted by molar-refractivity contribution is 0.404. The van der Waals surface area contributed by atoms with Gasteiger partial charge < -0.3 is 9.47 Å². The second-order valence-corrected chi connectivity index (χ2v) is 7.95. The van der Waals surface area contributed by atoms with Crippen molar-refractivity contribution in [1.82, 2.24) is 0 Å². The van der Waals surface area contributed by atoms with Gasteiger partial charge >= 0.3 is 0 Å². The van der Waals surface area contributed by atoms with Crippen LogP contribution in [0.1, 0.15) is 39.5 Å². The Kier molecular flexibility index (Phi) is 8.63. The van der Waals surface area contributed by atoms with E-state index in [-0.39, 0.29) is 11.7 Å². The Morgan fingerprint density at radius 2 is 1.94 bits per heavy atom. The number of halogens is 2. The summed E-state index contributed by atoms with van der Waals surface area (Å²) >= 11 is 6.06. The fraction of sp³-hybridized carbons (Fsp3) is 0.308. The van der Waals surface area contributed by atoms with E-state index < -0.39 is 0 Å². The van der Waals surface area contributed by atoms with Crippen LogP contribution in [-0.2, 0) is 0 Å². The summed E-state index contributed by atoms with van der Waals surface area (Å²) in [7, 11) is 1.61. The number of nitrogens with zero attached hydrogens (tertiary/aromatic N) is 2. The first kappa shape index (κ1) is 23.7. The second-order valence-electron chi connectivity index (χ2n) is 7.51. The quantitative estimate of drug-likeness (QED) is 0.290. The van der Waals surface area contributed by atoms with E-state index in [9.17, 15) is 4.39 Å². The molecule has 2 aromatic carbocycles. The highest BCUT2D eigenvalue weighted by Crippen LogP contribution is 2.35. The molecule has 0 amide bonds. The minimum Gasteiger partial charge on any atom is -0.497 e. The number of hydrogen-bond acceptors (Lipinski definition) is 4. The molecule has 3 rings (SSSR count). The Morgan fingerprint density at radius 1 is 1.16 bits per heavy atom. The maximum absolute atomic E-state index is 13.4. The fourth-order valence-electron chi connectivity index (χ4n) is 3.37. The lowest BCUT2D eigenvalue weighted by atomic mass is 9.95. The standard InChI is InChI=1S/C26H28ClFN2O2/c1-4-6-7-21(13-15-24-18(5-2)16-26(27)30-29-24)32-25-17-22(31-3)12-14-23(25)19-8-10-20(28)11-9-19/h7-15,17-18H,4-6,16H2,1-3H3/b15-13-,21-7-. The van der Waals surface area contributed by atoms with Gasteiger partial charge in [-0.15, -0.1) is 5.10 Å². The molecule has 1 unspecified atom stereocenters. The highest BCUT2D eigenvalue weighted by Gasteiger charge is 2.18. The smallest absolute Gasteiger partial charge is 0.138 e. The highest BCUT2D eigenvalue weighted by molar-refractivity contribution is 6.65. The summed E-state index contributed by atoms with van der Waals surface area (Å²) in [5, 5.41) is 8.83. The van der Waals surface area contributed by atoms with Crippen molar-refractivity contribution in [3.05, 3.63) is 72.3 Å². The summed E-state index contributed by atoms with van der Waals surface area (Å²) in [6, 6.07) is 12.0. The summed E-state index contributed by atoms with van der Waals surface area (Å²) in [6.45, 7) is 4.22. The lowest BCUT2D eigenvalue weighted by Gasteiger charge is -2.17. The van der Waals surface area contributed by atoms with Crippen LogP contribution in [0.15, 0.2) is 76.7 Å². The van der Waals surface area contributed by atoms with E-state index in [0.29, 0.717) is 28.8 Å². The minimum absolute atomic E-state index is 0.232. The first-order chi connectivity index (χ1) is 15.5. The monoisotopic (exact) mass is 454 g/mol. The third kappa shape index (κ3) is 6.30. The molecule has 0 bridgehead atoms. The van der Waals surface area contributed by atoms with Gasteiger partial charge in [-0.25, -0.2) is 4.39 Å². The molecular weight excluding hydrogens is 427 g/mol. The predicted octanol–water partition coefficient (Wildman–Crippen LogP) is 7.54. The Balaban J connectivity index is 1.94. The largest absolute Gasteiger partial charge is 0.497 e. The van der Waals surface area contributed by atoms with Crippen LogP contribution in [0.3, 0.4) is 0 Å². The first-order valence-corrected chi connectivity index (χ1v) is 11.2. The highest BCUT2D eigenvalue weighted by atomic mass is 35.5. The molecule has 1 aliphatic heterocycles. The van der Waals surface area contributed by atoms with Gasteiger partial charge in [-0.1, -0.05) is 44.0 Å². The molecule has 0 N–H and O–H groups in total. The molecule has 4 nitrogen and oxygen atoms in total. The molecule has 1 atom stereocenters. The van der Waals surface area contributed by atoms with Crippen molar-refractivity contribution in [2.24, 2.45) is 16.1 Å². The molecule has 32 heavy (non-hydrogen) atoms. The molecular formula is C26H28ClFN2O2. The molecule has 0 aliphatic carbocycles. The van der Waals surface area contributed by atoms with Gasteiger partial charge in [0, 0.05) is 24.0 Å². The van der Waals surface area contributed by atoms with E-state index in [1.54, 1.807) is 19.2 Å². The third-order valence-electron chi connectivity index (χ3n) is 5.22. The van der Waals surface area contributed by atoms with Crippen LogP contribution in [0.25, 0.3) is 11.1 Å². The number of unbranched alkanes of at least 4 members (excludes halogenated alkanes) is 1. The number of methoxy groups -OCH3 is 1. The van der Waals surface area contributed by atoms with E-state index in [1.807, 2.05) is 36.4 Å². The SMILES string of the molecule is CCC/C=C(/C=C\C1=NN=C(Cl)CC1CC)Oc1cc(OC)ccc1-c1ccc(F)cc1. The Labute approximate surface area is 194 Å². The van der Waals surface area contributed by atoms with Crippen LogP contribution in [-0.4, -0.2) is 18.0 Å². The van der Waals surface area contributed by atoms with Gasteiger partial charge in [0.25, 0.3) is 0 Å². The number of benzene rings is 2. The van der Waals surface area contributed by atoms with Gasteiger partial charge in [-0.05, 0) is 60.9 Å². The normalized spacial score (nSPS) is 16.7. The number of ether oxygens (including phenoxy) is 2. The van der Waals surface area contributed by atoms with Crippen molar-refractivity contribution in [2.75, 3.05) is 7.11 Å². The van der Waals surface area contributed by atoms with Gasteiger partial charge in [0.2, 0.25) is 0 Å². The maximum atomic E-state index is 13.4. The predicted molar refractivity (Wildman–Crippen MR) is 130 cm³/mol. The Hall–Kier alpha value is -2.92.